The highest BCUT2D eigenvalue weighted by Crippen LogP contribution is 2.10. The van der Waals surface area contributed by atoms with E-state index in [-0.39, 0.29) is 11.4 Å². The number of phenolic OH excluding ortho intramolecular Hbond substituents is 1. The van der Waals surface area contributed by atoms with Gasteiger partial charge in [-0.25, -0.2) is 14.8 Å². The number of aromatic hydroxyl groups is 1. The van der Waals surface area contributed by atoms with E-state index >= 15 is 0 Å². The van der Waals surface area contributed by atoms with Crippen molar-refractivity contribution in [3.63, 3.8) is 0 Å². The fourth-order valence-corrected chi connectivity index (χ4v) is 1.74. The van der Waals surface area contributed by atoms with Crippen LogP contribution in [0, 0.1) is 6.92 Å². The Morgan fingerprint density at radius 3 is 2.60 bits per heavy atom. The molecule has 20 heavy (non-hydrogen) atoms. The van der Waals surface area contributed by atoms with Crippen LogP contribution in [-0.4, -0.2) is 32.7 Å². The topological polar surface area (TPSA) is 95.3 Å². The summed E-state index contributed by atoms with van der Waals surface area (Å²) >= 11 is 0. The molecule has 0 saturated heterocycles. The minimum Gasteiger partial charge on any atom is -0.508 e. The van der Waals surface area contributed by atoms with Crippen LogP contribution in [0.3, 0.4) is 0 Å². The monoisotopic (exact) mass is 273 g/mol. The minimum atomic E-state index is -1.07. The Morgan fingerprint density at radius 2 is 1.95 bits per heavy atom. The largest absolute Gasteiger partial charge is 0.508 e. The zero-order valence-corrected chi connectivity index (χ0v) is 11.0. The van der Waals surface area contributed by atoms with Crippen LogP contribution in [0.5, 0.6) is 5.75 Å². The normalized spacial score (nSPS) is 10.2. The molecule has 0 atom stereocenters. The maximum absolute atomic E-state index is 10.9. The van der Waals surface area contributed by atoms with Gasteiger partial charge in [0.15, 0.2) is 5.69 Å². The third kappa shape index (κ3) is 3.68. The van der Waals surface area contributed by atoms with Crippen LogP contribution in [0.1, 0.15) is 21.7 Å². The molecular formula is C14H15N3O3. The van der Waals surface area contributed by atoms with Crippen LogP contribution in [0.4, 0.5) is 5.95 Å². The molecule has 104 valence electrons. The molecule has 0 aliphatic heterocycles. The number of anilines is 1. The van der Waals surface area contributed by atoms with Crippen LogP contribution in [0.15, 0.2) is 30.3 Å². The molecule has 1 heterocycles. The molecule has 1 aromatic heterocycles. The second kappa shape index (κ2) is 6.01. The number of carboxylic acids is 1. The highest BCUT2D eigenvalue weighted by Gasteiger charge is 2.08. The summed E-state index contributed by atoms with van der Waals surface area (Å²) in [6.45, 7) is 2.30. The second-order valence-electron chi connectivity index (χ2n) is 4.37. The number of aromatic carboxylic acids is 1. The third-order valence-corrected chi connectivity index (χ3v) is 2.71. The Balaban J connectivity index is 1.97. The van der Waals surface area contributed by atoms with Gasteiger partial charge in [-0.15, -0.1) is 0 Å². The molecule has 0 bridgehead atoms. The predicted molar refractivity (Wildman–Crippen MR) is 74.0 cm³/mol. The van der Waals surface area contributed by atoms with Crippen LogP contribution in [0.2, 0.25) is 0 Å². The molecule has 1 aromatic carbocycles. The van der Waals surface area contributed by atoms with Crippen molar-refractivity contribution in [3.05, 3.63) is 47.3 Å². The number of carboxylic acid groups (broad SMARTS) is 1. The summed E-state index contributed by atoms with van der Waals surface area (Å²) in [5.74, 6) is -0.534. The Bertz CT molecular complexity index is 612. The molecule has 0 aliphatic carbocycles. The van der Waals surface area contributed by atoms with E-state index in [2.05, 4.69) is 15.3 Å². The lowest BCUT2D eigenvalue weighted by Gasteiger charge is -2.06. The Labute approximate surface area is 116 Å². The maximum atomic E-state index is 10.9. The molecule has 2 aromatic rings. The number of aryl methyl sites for hydroxylation is 1. The highest BCUT2D eigenvalue weighted by molar-refractivity contribution is 5.85. The Hall–Kier alpha value is -2.63. The quantitative estimate of drug-likeness (QED) is 0.769. The summed E-state index contributed by atoms with van der Waals surface area (Å²) in [5, 5.41) is 21.1. The van der Waals surface area contributed by atoms with Gasteiger partial charge in [0, 0.05) is 12.2 Å². The zero-order chi connectivity index (χ0) is 14.5. The smallest absolute Gasteiger partial charge is 0.354 e. The first-order valence-corrected chi connectivity index (χ1v) is 6.15. The highest BCUT2D eigenvalue weighted by atomic mass is 16.4. The first-order valence-electron chi connectivity index (χ1n) is 6.15. The van der Waals surface area contributed by atoms with Crippen LogP contribution < -0.4 is 5.32 Å². The summed E-state index contributed by atoms with van der Waals surface area (Å²) in [5.41, 5.74) is 1.63. The number of hydrogen-bond donors (Lipinski definition) is 3. The van der Waals surface area contributed by atoms with Crippen LogP contribution in [-0.2, 0) is 6.42 Å². The first kappa shape index (κ1) is 13.8. The number of nitrogens with zero attached hydrogens (tertiary/aromatic N) is 2. The number of rotatable bonds is 5. The van der Waals surface area contributed by atoms with Crippen molar-refractivity contribution < 1.29 is 15.0 Å². The number of nitrogens with one attached hydrogen (secondary N) is 1. The van der Waals surface area contributed by atoms with Gasteiger partial charge < -0.3 is 15.5 Å². The summed E-state index contributed by atoms with van der Waals surface area (Å²) in [4.78, 5) is 18.9. The van der Waals surface area contributed by atoms with E-state index in [1.54, 1.807) is 19.1 Å². The molecule has 6 heteroatoms. The molecule has 0 aliphatic rings. The Kier molecular flexibility index (Phi) is 4.14. The van der Waals surface area contributed by atoms with Crippen molar-refractivity contribution >= 4 is 11.9 Å². The summed E-state index contributed by atoms with van der Waals surface area (Å²) in [7, 11) is 0. The fraction of sp³-hybridized carbons (Fsp3) is 0.214. The number of carbonyl (C=O) groups is 1. The van der Waals surface area contributed by atoms with Gasteiger partial charge in [-0.1, -0.05) is 12.1 Å². The van der Waals surface area contributed by atoms with Gasteiger partial charge >= 0.3 is 5.97 Å². The van der Waals surface area contributed by atoms with Crippen LogP contribution >= 0.6 is 0 Å². The fourth-order valence-electron chi connectivity index (χ4n) is 1.74. The van der Waals surface area contributed by atoms with Crippen molar-refractivity contribution in [2.75, 3.05) is 11.9 Å². The van der Waals surface area contributed by atoms with Crippen molar-refractivity contribution in [2.24, 2.45) is 0 Å². The second-order valence-corrected chi connectivity index (χ2v) is 4.37. The van der Waals surface area contributed by atoms with Gasteiger partial charge in [0.1, 0.15) is 5.75 Å². The first-order chi connectivity index (χ1) is 9.54. The van der Waals surface area contributed by atoms with Crippen LogP contribution in [0.25, 0.3) is 0 Å². The van der Waals surface area contributed by atoms with Crippen molar-refractivity contribution in [3.8, 4) is 5.75 Å². The SMILES string of the molecule is Cc1cc(C(=O)O)nc(NCCc2ccc(O)cc2)n1. The molecule has 0 fully saturated rings. The standard InChI is InChI=1S/C14H15N3O3/c1-9-8-12(13(19)20)17-14(16-9)15-7-6-10-2-4-11(18)5-3-10/h2-5,8,18H,6-7H2,1H3,(H,19,20)(H,15,16,17). The van der Waals surface area contributed by atoms with E-state index in [0.29, 0.717) is 18.2 Å². The van der Waals surface area contributed by atoms with E-state index in [4.69, 9.17) is 5.11 Å². The number of aromatic nitrogens is 2. The van der Waals surface area contributed by atoms with E-state index in [1.165, 1.54) is 6.07 Å². The van der Waals surface area contributed by atoms with Crippen molar-refractivity contribution in [2.45, 2.75) is 13.3 Å². The summed E-state index contributed by atoms with van der Waals surface area (Å²) < 4.78 is 0. The zero-order valence-electron chi connectivity index (χ0n) is 11.0. The number of phenols is 1. The van der Waals surface area contributed by atoms with Gasteiger partial charge in [0.05, 0.1) is 0 Å². The van der Waals surface area contributed by atoms with Crippen molar-refractivity contribution in [1.82, 2.24) is 9.97 Å². The van der Waals surface area contributed by atoms with Gasteiger partial charge in [-0.3, -0.25) is 0 Å². The van der Waals surface area contributed by atoms with Gasteiger partial charge in [-0.2, -0.15) is 0 Å². The van der Waals surface area contributed by atoms with Gasteiger partial charge in [0.2, 0.25) is 5.95 Å². The van der Waals surface area contributed by atoms with Gasteiger partial charge in [0.25, 0.3) is 0 Å². The number of hydrogen-bond acceptors (Lipinski definition) is 5. The van der Waals surface area contributed by atoms with E-state index in [9.17, 15) is 9.90 Å². The molecular weight excluding hydrogens is 258 g/mol. The molecule has 0 amide bonds. The minimum absolute atomic E-state index is 0.0235. The summed E-state index contributed by atoms with van der Waals surface area (Å²) in [6, 6.07) is 8.34. The molecule has 6 nitrogen and oxygen atoms in total. The van der Waals surface area contributed by atoms with Crippen molar-refractivity contribution in [1.29, 1.82) is 0 Å². The van der Waals surface area contributed by atoms with Gasteiger partial charge in [-0.05, 0) is 37.1 Å². The summed E-state index contributed by atoms with van der Waals surface area (Å²) in [6.07, 6.45) is 0.722. The molecule has 0 spiro atoms. The average molecular weight is 273 g/mol. The van der Waals surface area contributed by atoms with E-state index < -0.39 is 5.97 Å². The molecule has 3 N–H and O–H groups in total. The average Bonchev–Trinajstić information content (AvgIpc) is 2.40. The lowest BCUT2D eigenvalue weighted by atomic mass is 10.1. The molecule has 0 saturated carbocycles. The lowest BCUT2D eigenvalue weighted by Crippen LogP contribution is -2.11. The molecule has 0 radical (unpaired) electrons. The lowest BCUT2D eigenvalue weighted by molar-refractivity contribution is 0.0690. The molecule has 2 rings (SSSR count). The predicted octanol–water partition coefficient (Wildman–Crippen LogP) is 1.84. The third-order valence-electron chi connectivity index (χ3n) is 2.71. The van der Waals surface area contributed by atoms with E-state index in [0.717, 1.165) is 12.0 Å². The maximum Gasteiger partial charge on any atom is 0.354 e. The number of benzene rings is 1. The van der Waals surface area contributed by atoms with E-state index in [1.807, 2.05) is 12.1 Å². The Morgan fingerprint density at radius 1 is 1.25 bits per heavy atom. The molecule has 0 unspecified atom stereocenters.